The molecule has 6 rings (SSSR count). The second kappa shape index (κ2) is 13.0. The Balaban J connectivity index is 1.33. The fourth-order valence-electron chi connectivity index (χ4n) is 6.67. The lowest BCUT2D eigenvalue weighted by Gasteiger charge is -2.42. The topological polar surface area (TPSA) is 88.8 Å². The molecule has 0 N–H and O–H groups in total. The van der Waals surface area contributed by atoms with Gasteiger partial charge in [-0.05, 0) is 57.7 Å². The lowest BCUT2D eigenvalue weighted by Crippen LogP contribution is -2.55. The Labute approximate surface area is 275 Å². The van der Waals surface area contributed by atoms with Crippen molar-refractivity contribution in [3.05, 3.63) is 65.1 Å². The van der Waals surface area contributed by atoms with Gasteiger partial charge in [-0.1, -0.05) is 42.4 Å². The van der Waals surface area contributed by atoms with Crippen LogP contribution in [-0.4, -0.2) is 84.1 Å². The standard InChI is InChI=1S/C35H41ClFN7O2/c1-23(2)41(4)21-35(13-14-35)22-46-34-39-29-20-42(30-10-6-8-25-7-5-9-28(36)31(25)30)16-12-27(29)32(40-34)43-17-18-44(33(45)24(3)37)26(19-43)11-15-38/h5-10,23,26H,3,11-14,16-22H2,1-2,4H3. The average Bonchev–Trinajstić information content (AvgIpc) is 3.82. The number of anilines is 2. The number of nitriles is 1. The summed E-state index contributed by atoms with van der Waals surface area (Å²) < 4.78 is 20.3. The molecule has 0 bridgehead atoms. The molecule has 1 saturated heterocycles. The van der Waals surface area contributed by atoms with Crippen molar-refractivity contribution < 1.29 is 13.9 Å². The molecule has 3 aliphatic rings. The van der Waals surface area contributed by atoms with Gasteiger partial charge in [0, 0.05) is 60.8 Å². The van der Waals surface area contributed by atoms with Crippen LogP contribution in [0, 0.1) is 16.7 Å². The molecule has 1 amide bonds. The van der Waals surface area contributed by atoms with E-state index in [-0.39, 0.29) is 18.4 Å². The first-order chi connectivity index (χ1) is 22.1. The Morgan fingerprint density at radius 3 is 2.65 bits per heavy atom. The minimum atomic E-state index is -1.02. The summed E-state index contributed by atoms with van der Waals surface area (Å²) in [5.41, 5.74) is 3.05. The summed E-state index contributed by atoms with van der Waals surface area (Å²) in [5, 5.41) is 12.3. The Bertz CT molecular complexity index is 1680. The number of amides is 1. The molecule has 0 radical (unpaired) electrons. The van der Waals surface area contributed by atoms with E-state index in [9.17, 15) is 14.4 Å². The Kier molecular flexibility index (Phi) is 9.08. The number of nitrogens with zero attached hydrogens (tertiary/aromatic N) is 7. The van der Waals surface area contributed by atoms with Crippen LogP contribution in [0.5, 0.6) is 6.01 Å². The van der Waals surface area contributed by atoms with Gasteiger partial charge in [-0.25, -0.2) is 4.39 Å². The molecule has 46 heavy (non-hydrogen) atoms. The largest absolute Gasteiger partial charge is 0.463 e. The quantitative estimate of drug-likeness (QED) is 0.257. The summed E-state index contributed by atoms with van der Waals surface area (Å²) in [6, 6.07) is 14.6. The smallest absolute Gasteiger partial charge is 0.318 e. The highest BCUT2D eigenvalue weighted by molar-refractivity contribution is 6.36. The summed E-state index contributed by atoms with van der Waals surface area (Å²) in [5.74, 6) is -1.02. The third-order valence-electron chi connectivity index (χ3n) is 9.73. The lowest BCUT2D eigenvalue weighted by molar-refractivity contribution is -0.131. The summed E-state index contributed by atoms with van der Waals surface area (Å²) in [6.45, 7) is 11.4. The highest BCUT2D eigenvalue weighted by atomic mass is 35.5. The fraction of sp³-hybridized carbons (Fsp3) is 0.486. The fourth-order valence-corrected chi connectivity index (χ4v) is 6.94. The van der Waals surface area contributed by atoms with E-state index < -0.39 is 17.8 Å². The Morgan fingerprint density at radius 1 is 1.20 bits per heavy atom. The molecule has 0 spiro atoms. The minimum Gasteiger partial charge on any atom is -0.463 e. The molecule has 1 atom stereocenters. The molecule has 3 aromatic rings. The van der Waals surface area contributed by atoms with Gasteiger partial charge in [0.15, 0.2) is 5.83 Å². The maximum atomic E-state index is 13.9. The Hall–Kier alpha value is -3.94. The summed E-state index contributed by atoms with van der Waals surface area (Å²) in [6.07, 6.45) is 2.97. The molecule has 2 aromatic carbocycles. The zero-order valence-electron chi connectivity index (χ0n) is 26.8. The molecular weight excluding hydrogens is 605 g/mol. The maximum Gasteiger partial charge on any atom is 0.318 e. The summed E-state index contributed by atoms with van der Waals surface area (Å²) in [4.78, 5) is 30.7. The second-order valence-corrected chi connectivity index (χ2v) is 13.6. The minimum absolute atomic E-state index is 0.0770. The number of hydrogen-bond donors (Lipinski definition) is 0. The third-order valence-corrected chi connectivity index (χ3v) is 10.0. The molecule has 9 nitrogen and oxygen atoms in total. The van der Waals surface area contributed by atoms with Crippen molar-refractivity contribution in [1.29, 1.82) is 5.26 Å². The van der Waals surface area contributed by atoms with Crippen LogP contribution in [0.3, 0.4) is 0 Å². The summed E-state index contributed by atoms with van der Waals surface area (Å²) in [7, 11) is 2.15. The third kappa shape index (κ3) is 6.49. The van der Waals surface area contributed by atoms with Crippen molar-refractivity contribution in [2.45, 2.75) is 58.2 Å². The van der Waals surface area contributed by atoms with Gasteiger partial charge in [0.2, 0.25) is 0 Å². The van der Waals surface area contributed by atoms with Gasteiger partial charge >= 0.3 is 6.01 Å². The van der Waals surface area contributed by atoms with Gasteiger partial charge in [-0.3, -0.25) is 4.79 Å². The van der Waals surface area contributed by atoms with Crippen molar-refractivity contribution in [3.63, 3.8) is 0 Å². The normalized spacial score (nSPS) is 18.9. The van der Waals surface area contributed by atoms with Gasteiger partial charge in [0.1, 0.15) is 5.82 Å². The average molecular weight is 646 g/mol. The number of hydrogen-bond acceptors (Lipinski definition) is 8. The monoisotopic (exact) mass is 645 g/mol. The summed E-state index contributed by atoms with van der Waals surface area (Å²) >= 11 is 6.71. The number of aromatic nitrogens is 2. The lowest BCUT2D eigenvalue weighted by atomic mass is 10.0. The van der Waals surface area contributed by atoms with Crippen LogP contribution in [0.15, 0.2) is 48.8 Å². The molecule has 1 saturated carbocycles. The van der Waals surface area contributed by atoms with Crippen LogP contribution < -0.4 is 14.5 Å². The van der Waals surface area contributed by atoms with E-state index in [1.165, 1.54) is 4.90 Å². The van der Waals surface area contributed by atoms with Crippen molar-refractivity contribution in [3.8, 4) is 12.1 Å². The first-order valence-corrected chi connectivity index (χ1v) is 16.4. The number of fused-ring (bicyclic) bond motifs is 2. The van der Waals surface area contributed by atoms with Crippen molar-refractivity contribution in [2.24, 2.45) is 5.41 Å². The van der Waals surface area contributed by atoms with Crippen LogP contribution in [0.25, 0.3) is 10.8 Å². The van der Waals surface area contributed by atoms with Gasteiger partial charge in [-0.15, -0.1) is 0 Å². The first-order valence-electron chi connectivity index (χ1n) is 16.0. The van der Waals surface area contributed by atoms with E-state index in [2.05, 4.69) is 72.5 Å². The molecule has 2 fully saturated rings. The zero-order chi connectivity index (χ0) is 32.6. The number of carbonyl (C=O) groups is 1. The molecule has 3 heterocycles. The molecular formula is C35H41ClFN7O2. The first kappa shape index (κ1) is 32.0. The number of rotatable bonds is 10. The van der Waals surface area contributed by atoms with Crippen molar-refractivity contribution >= 4 is 39.8 Å². The van der Waals surface area contributed by atoms with E-state index in [1.54, 1.807) is 0 Å². The van der Waals surface area contributed by atoms with E-state index >= 15 is 0 Å². The van der Waals surface area contributed by atoms with E-state index in [1.807, 2.05) is 12.1 Å². The molecule has 1 aliphatic carbocycles. The van der Waals surface area contributed by atoms with Crippen LogP contribution in [0.1, 0.15) is 44.4 Å². The predicted octanol–water partition coefficient (Wildman–Crippen LogP) is 5.76. The van der Waals surface area contributed by atoms with Gasteiger partial charge < -0.3 is 24.3 Å². The number of ether oxygens (including phenoxy) is 1. The van der Waals surface area contributed by atoms with E-state index in [0.717, 1.165) is 59.5 Å². The molecule has 1 aromatic heterocycles. The van der Waals surface area contributed by atoms with E-state index in [0.29, 0.717) is 49.7 Å². The van der Waals surface area contributed by atoms with Crippen LogP contribution in [-0.2, 0) is 17.8 Å². The number of piperazine rings is 1. The highest BCUT2D eigenvalue weighted by Crippen LogP contribution is 2.47. The number of halogens is 2. The second-order valence-electron chi connectivity index (χ2n) is 13.2. The molecule has 2 aliphatic heterocycles. The van der Waals surface area contributed by atoms with Crippen molar-refractivity contribution in [2.75, 3.05) is 56.2 Å². The SMILES string of the molecule is C=C(F)C(=O)N1CCN(c2nc(OCC3(CN(C)C(C)C)CC3)nc3c2CCN(c2cccc4cccc(Cl)c24)C3)CC1CC#N. The number of carbonyl (C=O) groups excluding carboxylic acids is 1. The molecule has 242 valence electrons. The zero-order valence-corrected chi connectivity index (χ0v) is 27.6. The molecule has 1 unspecified atom stereocenters. The van der Waals surface area contributed by atoms with Crippen LogP contribution in [0.2, 0.25) is 5.02 Å². The van der Waals surface area contributed by atoms with Gasteiger partial charge in [0.25, 0.3) is 5.91 Å². The van der Waals surface area contributed by atoms with Gasteiger partial charge in [0.05, 0.1) is 42.4 Å². The molecule has 11 heteroatoms. The van der Waals surface area contributed by atoms with Gasteiger partial charge in [-0.2, -0.15) is 15.2 Å². The maximum absolute atomic E-state index is 13.9. The van der Waals surface area contributed by atoms with E-state index in [4.69, 9.17) is 26.3 Å². The Morgan fingerprint density at radius 2 is 1.96 bits per heavy atom. The number of benzene rings is 2. The predicted molar refractivity (Wildman–Crippen MR) is 179 cm³/mol. The van der Waals surface area contributed by atoms with Crippen LogP contribution >= 0.6 is 11.6 Å². The van der Waals surface area contributed by atoms with Crippen LogP contribution in [0.4, 0.5) is 15.9 Å². The van der Waals surface area contributed by atoms with Crippen molar-refractivity contribution in [1.82, 2.24) is 19.8 Å². The highest BCUT2D eigenvalue weighted by Gasteiger charge is 2.45.